The van der Waals surface area contributed by atoms with Crippen LogP contribution in [-0.4, -0.2) is 30.9 Å². The Labute approximate surface area is 188 Å². The third-order valence-electron chi connectivity index (χ3n) is 5.09. The second-order valence-corrected chi connectivity index (χ2v) is 9.65. The zero-order valence-corrected chi connectivity index (χ0v) is 19.4. The summed E-state index contributed by atoms with van der Waals surface area (Å²) in [7, 11) is 0. The Hall–Kier alpha value is -2.91. The summed E-state index contributed by atoms with van der Waals surface area (Å²) >= 11 is 2.80. The van der Waals surface area contributed by atoms with Crippen LogP contribution in [0.3, 0.4) is 0 Å². The summed E-state index contributed by atoms with van der Waals surface area (Å²) in [4.78, 5) is 35.8. The minimum atomic E-state index is -0.301. The fourth-order valence-corrected chi connectivity index (χ4v) is 5.13. The molecule has 31 heavy (non-hydrogen) atoms. The quantitative estimate of drug-likeness (QED) is 0.442. The monoisotopic (exact) mass is 453 g/mol. The van der Waals surface area contributed by atoms with E-state index >= 15 is 0 Å². The zero-order valence-electron chi connectivity index (χ0n) is 17.7. The summed E-state index contributed by atoms with van der Waals surface area (Å²) in [5.74, 6) is 0.176. The molecule has 3 heterocycles. The van der Waals surface area contributed by atoms with Crippen LogP contribution in [-0.2, 0) is 4.79 Å². The summed E-state index contributed by atoms with van der Waals surface area (Å²) in [6.07, 6.45) is 4.98. The Morgan fingerprint density at radius 1 is 1.23 bits per heavy atom. The van der Waals surface area contributed by atoms with E-state index in [0.717, 1.165) is 20.8 Å². The highest BCUT2D eigenvalue weighted by Gasteiger charge is 2.15. The van der Waals surface area contributed by atoms with E-state index in [-0.39, 0.29) is 17.2 Å². The molecule has 0 unspecified atom stereocenters. The van der Waals surface area contributed by atoms with E-state index in [1.165, 1.54) is 35.0 Å². The number of thioether (sulfide) groups is 1. The van der Waals surface area contributed by atoms with Crippen LogP contribution in [0, 0.1) is 13.8 Å². The molecule has 0 saturated heterocycles. The lowest BCUT2D eigenvalue weighted by atomic mass is 10.0. The van der Waals surface area contributed by atoms with E-state index in [4.69, 9.17) is 0 Å². The summed E-state index contributed by atoms with van der Waals surface area (Å²) in [5, 5.41) is 1.27. The topological polar surface area (TPSA) is 81.8 Å². The number of amides is 1. The van der Waals surface area contributed by atoms with Crippen molar-refractivity contribution in [3.63, 3.8) is 0 Å². The van der Waals surface area contributed by atoms with Crippen LogP contribution in [0.4, 0.5) is 0 Å². The van der Waals surface area contributed by atoms with Crippen molar-refractivity contribution in [2.75, 3.05) is 11.2 Å². The van der Waals surface area contributed by atoms with E-state index in [0.29, 0.717) is 21.3 Å². The molecule has 9 heteroatoms. The molecule has 4 aromatic rings. The Kier molecular flexibility index (Phi) is 5.97. The van der Waals surface area contributed by atoms with E-state index < -0.39 is 0 Å². The van der Waals surface area contributed by atoms with Gasteiger partial charge in [0.25, 0.3) is 5.56 Å². The maximum absolute atomic E-state index is 12.8. The van der Waals surface area contributed by atoms with Crippen LogP contribution in [0.2, 0.25) is 0 Å². The first-order chi connectivity index (χ1) is 14.9. The molecule has 0 atom stereocenters. The molecule has 0 radical (unpaired) electrons. The minimum Gasteiger partial charge on any atom is -0.295 e. The van der Waals surface area contributed by atoms with Crippen molar-refractivity contribution in [1.29, 1.82) is 0 Å². The minimum absolute atomic E-state index is 0.118. The average molecular weight is 454 g/mol. The molecule has 0 aliphatic rings. The lowest BCUT2D eigenvalue weighted by Gasteiger charge is -2.15. The molecule has 4 rings (SSSR count). The molecule has 0 aliphatic heterocycles. The lowest BCUT2D eigenvalue weighted by molar-refractivity contribution is -0.114. The van der Waals surface area contributed by atoms with Gasteiger partial charge in [0.1, 0.15) is 11.2 Å². The fourth-order valence-electron chi connectivity index (χ4n) is 3.39. The van der Waals surface area contributed by atoms with Crippen LogP contribution in [0.15, 0.2) is 52.9 Å². The van der Waals surface area contributed by atoms with Gasteiger partial charge in [0.05, 0.1) is 16.8 Å². The molecule has 0 spiro atoms. The molecule has 0 aliphatic carbocycles. The van der Waals surface area contributed by atoms with Crippen LogP contribution in [0.1, 0.15) is 35.8 Å². The number of carbonyl (C=O) groups excluding carboxylic acids is 1. The Balaban J connectivity index is 1.51. The number of nitrogens with zero attached hydrogens (tertiary/aromatic N) is 4. The van der Waals surface area contributed by atoms with Crippen LogP contribution in [0.25, 0.3) is 15.9 Å². The van der Waals surface area contributed by atoms with E-state index in [9.17, 15) is 9.59 Å². The summed E-state index contributed by atoms with van der Waals surface area (Å²) < 4.78 is 3.15. The number of hydrogen-bond acceptors (Lipinski definition) is 6. The number of aryl methyl sites for hydroxylation is 2. The predicted octanol–water partition coefficient (Wildman–Crippen LogP) is 4.25. The highest BCUT2D eigenvalue weighted by Crippen LogP contribution is 2.27. The predicted molar refractivity (Wildman–Crippen MR) is 126 cm³/mol. The number of carbonyl (C=O) groups is 1. The van der Waals surface area contributed by atoms with Gasteiger partial charge < -0.3 is 0 Å². The summed E-state index contributed by atoms with van der Waals surface area (Å²) in [6, 6.07) is 8.17. The summed E-state index contributed by atoms with van der Waals surface area (Å²) in [6.45, 7) is 8.15. The van der Waals surface area contributed by atoms with Crippen LogP contribution >= 0.6 is 23.1 Å². The first kappa shape index (κ1) is 21.3. The van der Waals surface area contributed by atoms with E-state index in [1.807, 2.05) is 42.8 Å². The molecule has 1 amide bonds. The number of rotatable bonds is 6. The van der Waals surface area contributed by atoms with Crippen molar-refractivity contribution in [3.8, 4) is 5.69 Å². The summed E-state index contributed by atoms with van der Waals surface area (Å²) in [5.41, 5.74) is 5.53. The second kappa shape index (κ2) is 8.68. The fraction of sp³-hybridized carbons (Fsp3) is 0.273. The molecule has 3 aromatic heterocycles. The van der Waals surface area contributed by atoms with Gasteiger partial charge in [0.15, 0.2) is 5.16 Å². The molecule has 160 valence electrons. The molecule has 1 N–H and O–H groups in total. The standard InChI is InChI=1S/C22H23N5O2S2/c1-13(2)16-7-5-6-8-17(16)26-10-9-23-22(26)30-11-18(28)25-27-12-24-20-19(21(27)29)14(3)15(4)31-20/h5-10,12-13H,11H2,1-4H3,(H,25,28). The van der Waals surface area contributed by atoms with Gasteiger partial charge >= 0.3 is 0 Å². The highest BCUT2D eigenvalue weighted by molar-refractivity contribution is 7.99. The molecule has 1 aromatic carbocycles. The Morgan fingerprint density at radius 2 is 2.00 bits per heavy atom. The molecule has 0 saturated carbocycles. The highest BCUT2D eigenvalue weighted by atomic mass is 32.2. The third-order valence-corrected chi connectivity index (χ3v) is 7.17. The Morgan fingerprint density at radius 3 is 2.77 bits per heavy atom. The van der Waals surface area contributed by atoms with Crippen molar-refractivity contribution in [1.82, 2.24) is 19.2 Å². The maximum atomic E-state index is 12.8. The van der Waals surface area contributed by atoms with Gasteiger partial charge in [-0.15, -0.1) is 11.3 Å². The number of para-hydroxylation sites is 1. The van der Waals surface area contributed by atoms with Crippen molar-refractivity contribution < 1.29 is 4.79 Å². The number of aromatic nitrogens is 4. The van der Waals surface area contributed by atoms with Crippen molar-refractivity contribution >= 4 is 39.2 Å². The first-order valence-electron chi connectivity index (χ1n) is 9.89. The number of imidazole rings is 1. The van der Waals surface area contributed by atoms with Gasteiger partial charge in [-0.1, -0.05) is 43.8 Å². The maximum Gasteiger partial charge on any atom is 0.281 e. The van der Waals surface area contributed by atoms with Gasteiger partial charge in [-0.3, -0.25) is 19.6 Å². The normalized spacial score (nSPS) is 11.4. The molecular formula is C22H23N5O2S2. The smallest absolute Gasteiger partial charge is 0.281 e. The molecular weight excluding hydrogens is 430 g/mol. The van der Waals surface area contributed by atoms with Crippen molar-refractivity contribution in [3.05, 3.63) is 69.3 Å². The van der Waals surface area contributed by atoms with Crippen molar-refractivity contribution in [2.24, 2.45) is 0 Å². The number of fused-ring (bicyclic) bond motifs is 1. The largest absolute Gasteiger partial charge is 0.295 e. The van der Waals surface area contributed by atoms with Crippen LogP contribution in [0.5, 0.6) is 0 Å². The number of benzene rings is 1. The second-order valence-electron chi connectivity index (χ2n) is 7.50. The Bertz CT molecular complexity index is 1320. The number of nitrogens with one attached hydrogen (secondary N) is 1. The van der Waals surface area contributed by atoms with E-state index in [2.05, 4.69) is 35.3 Å². The average Bonchev–Trinajstić information content (AvgIpc) is 3.33. The molecule has 7 nitrogen and oxygen atoms in total. The molecule has 0 bridgehead atoms. The zero-order chi connectivity index (χ0) is 22.1. The van der Waals surface area contributed by atoms with Crippen LogP contribution < -0.4 is 11.0 Å². The van der Waals surface area contributed by atoms with Gasteiger partial charge in [-0.25, -0.2) is 14.6 Å². The SMILES string of the molecule is Cc1sc2ncn(NC(=O)CSc3nccn3-c3ccccc3C(C)C)c(=O)c2c1C. The first-order valence-corrected chi connectivity index (χ1v) is 11.7. The van der Waals surface area contributed by atoms with Gasteiger partial charge in [-0.2, -0.15) is 0 Å². The van der Waals surface area contributed by atoms with Gasteiger partial charge in [-0.05, 0) is 37.0 Å². The lowest BCUT2D eigenvalue weighted by Crippen LogP contribution is -2.34. The van der Waals surface area contributed by atoms with Gasteiger partial charge in [0.2, 0.25) is 5.91 Å². The number of thiophene rings is 1. The number of hydrogen-bond donors (Lipinski definition) is 1. The third kappa shape index (κ3) is 4.15. The van der Waals surface area contributed by atoms with E-state index in [1.54, 1.807) is 6.20 Å². The van der Waals surface area contributed by atoms with Gasteiger partial charge in [0, 0.05) is 17.3 Å². The molecule has 0 fully saturated rings. The van der Waals surface area contributed by atoms with Crippen molar-refractivity contribution in [2.45, 2.75) is 38.8 Å².